The normalized spacial score (nSPS) is 12.6. The first-order chi connectivity index (χ1) is 10.1. The van der Waals surface area contributed by atoms with E-state index in [1.54, 1.807) is 24.4 Å². The zero-order valence-electron chi connectivity index (χ0n) is 11.3. The predicted octanol–water partition coefficient (Wildman–Crippen LogP) is 3.90. The van der Waals surface area contributed by atoms with Gasteiger partial charge in [-0.25, -0.2) is 8.78 Å². The van der Waals surface area contributed by atoms with Crippen LogP contribution in [0.25, 0.3) is 10.9 Å². The second kappa shape index (κ2) is 5.22. The molecule has 106 valence electrons. The fourth-order valence-electron chi connectivity index (χ4n) is 2.40. The molecule has 2 aromatic carbocycles. The monoisotopic (exact) mass is 285 g/mol. The quantitative estimate of drug-likeness (QED) is 0.774. The molecular weight excluding hydrogens is 272 g/mol. The van der Waals surface area contributed by atoms with Crippen molar-refractivity contribution in [3.63, 3.8) is 0 Å². The van der Waals surface area contributed by atoms with E-state index in [-0.39, 0.29) is 11.1 Å². The zero-order chi connectivity index (χ0) is 15.0. The van der Waals surface area contributed by atoms with E-state index in [9.17, 15) is 13.9 Å². The summed E-state index contributed by atoms with van der Waals surface area (Å²) in [7, 11) is 0. The number of aromatic nitrogens is 1. The van der Waals surface area contributed by atoms with Crippen LogP contribution in [0.4, 0.5) is 8.78 Å². The van der Waals surface area contributed by atoms with Crippen molar-refractivity contribution in [2.24, 2.45) is 0 Å². The van der Waals surface area contributed by atoms with Gasteiger partial charge in [-0.3, -0.25) is 4.98 Å². The zero-order valence-corrected chi connectivity index (χ0v) is 11.3. The predicted molar refractivity (Wildman–Crippen MR) is 76.9 cm³/mol. The lowest BCUT2D eigenvalue weighted by Gasteiger charge is -2.15. The summed E-state index contributed by atoms with van der Waals surface area (Å²) in [5.41, 5.74) is 1.34. The lowest BCUT2D eigenvalue weighted by Crippen LogP contribution is -2.06. The minimum atomic E-state index is -1.24. The van der Waals surface area contributed by atoms with E-state index in [4.69, 9.17) is 0 Å². The Bertz CT molecular complexity index is 812. The van der Waals surface area contributed by atoms with Gasteiger partial charge < -0.3 is 5.11 Å². The van der Waals surface area contributed by atoms with Crippen molar-refractivity contribution < 1.29 is 13.9 Å². The Hall–Kier alpha value is -2.33. The number of hydrogen-bond acceptors (Lipinski definition) is 2. The molecule has 0 bridgehead atoms. The summed E-state index contributed by atoms with van der Waals surface area (Å²) in [5, 5.41) is 11.2. The Morgan fingerprint density at radius 2 is 1.71 bits per heavy atom. The molecule has 3 rings (SSSR count). The highest BCUT2D eigenvalue weighted by atomic mass is 19.2. The molecule has 0 aliphatic carbocycles. The number of pyridine rings is 1. The van der Waals surface area contributed by atoms with Crippen molar-refractivity contribution >= 4 is 10.9 Å². The minimum absolute atomic E-state index is 0.0746. The number of fused-ring (bicyclic) bond motifs is 1. The highest BCUT2D eigenvalue weighted by Gasteiger charge is 2.20. The fourth-order valence-corrected chi connectivity index (χ4v) is 2.40. The molecule has 0 radical (unpaired) electrons. The summed E-state index contributed by atoms with van der Waals surface area (Å²) in [6, 6.07) is 11.7. The second-order valence-corrected chi connectivity index (χ2v) is 4.92. The van der Waals surface area contributed by atoms with E-state index in [0.717, 1.165) is 0 Å². The van der Waals surface area contributed by atoms with Crippen LogP contribution in [0.5, 0.6) is 0 Å². The molecule has 1 unspecified atom stereocenters. The third-order valence-electron chi connectivity index (χ3n) is 3.58. The number of hydrogen-bond donors (Lipinski definition) is 1. The lowest BCUT2D eigenvalue weighted by molar-refractivity contribution is 0.214. The van der Waals surface area contributed by atoms with E-state index < -0.39 is 17.7 Å². The van der Waals surface area contributed by atoms with E-state index >= 15 is 0 Å². The van der Waals surface area contributed by atoms with Crippen molar-refractivity contribution in [2.75, 3.05) is 0 Å². The first-order valence-electron chi connectivity index (χ1n) is 6.56. The largest absolute Gasteiger partial charge is 0.384 e. The van der Waals surface area contributed by atoms with Crippen LogP contribution in [0.15, 0.2) is 48.7 Å². The van der Waals surface area contributed by atoms with Gasteiger partial charge in [-0.05, 0) is 30.2 Å². The van der Waals surface area contributed by atoms with Gasteiger partial charge in [-0.15, -0.1) is 0 Å². The van der Waals surface area contributed by atoms with Gasteiger partial charge in [0.15, 0.2) is 11.6 Å². The maximum absolute atomic E-state index is 14.0. The number of benzene rings is 2. The van der Waals surface area contributed by atoms with Gasteiger partial charge in [0.2, 0.25) is 0 Å². The van der Waals surface area contributed by atoms with E-state index in [2.05, 4.69) is 4.98 Å². The Morgan fingerprint density at radius 1 is 0.952 bits per heavy atom. The van der Waals surface area contributed by atoms with Crippen LogP contribution in [-0.2, 0) is 0 Å². The summed E-state index contributed by atoms with van der Waals surface area (Å²) in [6.07, 6.45) is 0.302. The molecule has 1 N–H and O–H groups in total. The number of rotatable bonds is 2. The van der Waals surface area contributed by atoms with Gasteiger partial charge in [0.1, 0.15) is 6.10 Å². The van der Waals surface area contributed by atoms with Crippen LogP contribution in [0.2, 0.25) is 0 Å². The number of aliphatic hydroxyl groups excluding tert-OH is 1. The van der Waals surface area contributed by atoms with Gasteiger partial charge in [-0.1, -0.05) is 30.3 Å². The number of aliphatic hydroxyl groups is 1. The Morgan fingerprint density at radius 3 is 2.52 bits per heavy atom. The Labute approximate surface area is 120 Å². The van der Waals surface area contributed by atoms with Gasteiger partial charge in [0.05, 0.1) is 5.52 Å². The first-order valence-corrected chi connectivity index (χ1v) is 6.56. The number of para-hydroxylation sites is 1. The van der Waals surface area contributed by atoms with Crippen molar-refractivity contribution in [3.05, 3.63) is 77.0 Å². The summed E-state index contributed by atoms with van der Waals surface area (Å²) in [6.45, 7) is 1.48. The smallest absolute Gasteiger partial charge is 0.165 e. The molecule has 0 aliphatic rings. The van der Waals surface area contributed by atoms with Crippen molar-refractivity contribution in [3.8, 4) is 0 Å². The molecular formula is C17H13F2NO. The summed E-state index contributed by atoms with van der Waals surface area (Å²) >= 11 is 0. The Balaban J connectivity index is 2.17. The summed E-state index contributed by atoms with van der Waals surface area (Å²) < 4.78 is 27.7. The third-order valence-corrected chi connectivity index (χ3v) is 3.58. The molecule has 4 heteroatoms. The third kappa shape index (κ3) is 2.28. The van der Waals surface area contributed by atoms with Gasteiger partial charge in [-0.2, -0.15) is 0 Å². The molecule has 2 nitrogen and oxygen atoms in total. The number of halogens is 2. The lowest BCUT2D eigenvalue weighted by atomic mass is 9.97. The van der Waals surface area contributed by atoms with Crippen molar-refractivity contribution in [1.29, 1.82) is 0 Å². The standard InChI is InChI=1S/C17H13F2NO/c1-10-6-7-13(16(19)15(10)18)17(21)12-8-9-20-14-5-3-2-4-11(12)14/h2-9,17,21H,1H3. The summed E-state index contributed by atoms with van der Waals surface area (Å²) in [4.78, 5) is 4.19. The minimum Gasteiger partial charge on any atom is -0.384 e. The van der Waals surface area contributed by atoms with Gasteiger partial charge in [0, 0.05) is 17.1 Å². The molecule has 0 spiro atoms. The van der Waals surface area contributed by atoms with Crippen LogP contribution in [0, 0.1) is 18.6 Å². The fraction of sp³-hybridized carbons (Fsp3) is 0.118. The molecule has 1 atom stereocenters. The average Bonchev–Trinajstić information content (AvgIpc) is 2.51. The SMILES string of the molecule is Cc1ccc(C(O)c2ccnc3ccccc23)c(F)c1F. The van der Waals surface area contributed by atoms with Crippen molar-refractivity contribution in [2.45, 2.75) is 13.0 Å². The molecule has 21 heavy (non-hydrogen) atoms. The molecule has 0 saturated carbocycles. The molecule has 3 aromatic rings. The molecule has 1 heterocycles. The molecule has 0 aliphatic heterocycles. The van der Waals surface area contributed by atoms with Crippen molar-refractivity contribution in [1.82, 2.24) is 4.98 Å². The van der Waals surface area contributed by atoms with Crippen LogP contribution < -0.4 is 0 Å². The molecule has 1 aromatic heterocycles. The first kappa shape index (κ1) is 13.6. The Kier molecular flexibility index (Phi) is 3.39. The van der Waals surface area contributed by atoms with E-state index in [1.807, 2.05) is 12.1 Å². The van der Waals surface area contributed by atoms with E-state index in [1.165, 1.54) is 19.1 Å². The van der Waals surface area contributed by atoms with Crippen LogP contribution in [-0.4, -0.2) is 10.1 Å². The van der Waals surface area contributed by atoms with Gasteiger partial charge in [0.25, 0.3) is 0 Å². The maximum Gasteiger partial charge on any atom is 0.165 e. The molecule has 0 saturated heterocycles. The summed E-state index contributed by atoms with van der Waals surface area (Å²) in [5.74, 6) is -1.94. The van der Waals surface area contributed by atoms with Crippen LogP contribution in [0.1, 0.15) is 22.8 Å². The van der Waals surface area contributed by atoms with Crippen LogP contribution in [0.3, 0.4) is 0 Å². The number of aryl methyl sites for hydroxylation is 1. The number of nitrogens with zero attached hydrogens (tertiary/aromatic N) is 1. The average molecular weight is 285 g/mol. The van der Waals surface area contributed by atoms with Crippen LogP contribution >= 0.6 is 0 Å². The van der Waals surface area contributed by atoms with Gasteiger partial charge >= 0.3 is 0 Å². The van der Waals surface area contributed by atoms with E-state index in [0.29, 0.717) is 16.5 Å². The second-order valence-electron chi connectivity index (χ2n) is 4.92. The maximum atomic E-state index is 14.0. The topological polar surface area (TPSA) is 33.1 Å². The highest BCUT2D eigenvalue weighted by Crippen LogP contribution is 2.30. The molecule has 0 amide bonds. The molecule has 0 fully saturated rings. The highest BCUT2D eigenvalue weighted by molar-refractivity contribution is 5.82.